The van der Waals surface area contributed by atoms with Gasteiger partial charge in [-0.3, -0.25) is 0 Å². The van der Waals surface area contributed by atoms with Gasteiger partial charge in [0, 0.05) is 47.5 Å². The Labute approximate surface area is 431 Å². The normalized spacial score (nSPS) is 11.3. The molecule has 0 fully saturated rings. The fourth-order valence-electron chi connectivity index (χ4n) is 9.69. The van der Waals surface area contributed by atoms with Gasteiger partial charge in [-0.1, -0.05) is 146 Å². The van der Waals surface area contributed by atoms with Gasteiger partial charge in [0.1, 0.15) is 49.4 Å². The minimum Gasteiger partial charge on any atom is -0.489 e. The van der Waals surface area contributed by atoms with E-state index in [-0.39, 0.29) is 0 Å². The van der Waals surface area contributed by atoms with Gasteiger partial charge < -0.3 is 18.9 Å². The number of hydrogen-bond donors (Lipinski definition) is 0. The van der Waals surface area contributed by atoms with Gasteiger partial charge in [-0.15, -0.1) is 0 Å². The standard InChI is InChI=1S/C68H54N2O4/c1-5-13-61-33-49(17-21-55(61)9-1)45-71-65-37-53(38-66(41-65)72-46-50-18-22-56-10-2-6-14-62(56)34-50)43-69-29-25-59(26-30-69)60-27-31-70(32-28-60)44-54-39-67(73-47-51-19-23-57-11-3-7-15-63(57)35-51)42-68(40-54)74-48-52-20-24-58-12-4-8-16-64(58)36-52/h1-42H,43-48H2/q+2. The summed E-state index contributed by atoms with van der Waals surface area (Å²) in [7, 11) is 0. The molecule has 12 aromatic rings. The number of fused-ring (bicyclic) bond motifs is 4. The molecule has 0 atom stereocenters. The summed E-state index contributed by atoms with van der Waals surface area (Å²) in [6.07, 6.45) is 8.55. The van der Waals surface area contributed by atoms with Crippen molar-refractivity contribution in [2.75, 3.05) is 0 Å². The van der Waals surface area contributed by atoms with Crippen LogP contribution in [-0.4, -0.2) is 0 Å². The topological polar surface area (TPSA) is 44.7 Å². The summed E-state index contributed by atoms with van der Waals surface area (Å²) in [6, 6.07) is 80.8. The van der Waals surface area contributed by atoms with E-state index in [4.69, 9.17) is 18.9 Å². The maximum absolute atomic E-state index is 6.48. The maximum atomic E-state index is 6.48. The molecule has 2 aromatic heterocycles. The molecule has 6 heteroatoms. The number of aromatic nitrogens is 2. The van der Waals surface area contributed by atoms with Crippen molar-refractivity contribution in [1.29, 1.82) is 0 Å². The number of hydrogen-bond acceptors (Lipinski definition) is 4. The zero-order valence-electron chi connectivity index (χ0n) is 41.0. The van der Waals surface area contributed by atoms with E-state index in [1.54, 1.807) is 0 Å². The van der Waals surface area contributed by atoms with E-state index >= 15 is 0 Å². The molecule has 12 rings (SSSR count). The summed E-state index contributed by atoms with van der Waals surface area (Å²) in [5.41, 5.74) is 8.89. The molecule has 0 radical (unpaired) electrons. The van der Waals surface area contributed by atoms with Crippen LogP contribution in [0.4, 0.5) is 0 Å². The fourth-order valence-corrected chi connectivity index (χ4v) is 9.69. The molecule has 74 heavy (non-hydrogen) atoms. The number of benzene rings is 10. The summed E-state index contributed by atoms with van der Waals surface area (Å²) < 4.78 is 30.3. The molecule has 0 unspecified atom stereocenters. The molecule has 0 aliphatic carbocycles. The van der Waals surface area contributed by atoms with E-state index in [1.165, 1.54) is 43.1 Å². The van der Waals surface area contributed by atoms with Crippen molar-refractivity contribution in [2.24, 2.45) is 0 Å². The molecule has 2 heterocycles. The molecule has 0 N–H and O–H groups in total. The lowest BCUT2D eigenvalue weighted by molar-refractivity contribution is -0.688. The highest BCUT2D eigenvalue weighted by Crippen LogP contribution is 2.29. The zero-order chi connectivity index (χ0) is 49.5. The predicted molar refractivity (Wildman–Crippen MR) is 296 cm³/mol. The Kier molecular flexibility index (Phi) is 13.1. The maximum Gasteiger partial charge on any atom is 0.174 e. The van der Waals surface area contributed by atoms with Crippen LogP contribution < -0.4 is 28.1 Å². The Morgan fingerprint density at radius 1 is 0.230 bits per heavy atom. The lowest BCUT2D eigenvalue weighted by atomic mass is 10.1. The molecule has 10 aromatic carbocycles. The number of ether oxygens (including phenoxy) is 4. The van der Waals surface area contributed by atoms with Crippen molar-refractivity contribution < 1.29 is 28.1 Å². The van der Waals surface area contributed by atoms with Gasteiger partial charge in [-0.2, -0.15) is 0 Å². The molecular formula is C68H54N2O4+2. The van der Waals surface area contributed by atoms with Crippen LogP contribution in [-0.2, 0) is 39.5 Å². The van der Waals surface area contributed by atoms with Crippen molar-refractivity contribution in [3.8, 4) is 34.1 Å². The van der Waals surface area contributed by atoms with E-state index in [0.717, 1.165) is 67.5 Å². The summed E-state index contributed by atoms with van der Waals surface area (Å²) in [4.78, 5) is 0. The van der Waals surface area contributed by atoms with E-state index in [9.17, 15) is 0 Å². The molecule has 0 bridgehead atoms. The third-order valence-electron chi connectivity index (χ3n) is 13.6. The number of pyridine rings is 2. The van der Waals surface area contributed by atoms with Gasteiger partial charge >= 0.3 is 0 Å². The van der Waals surface area contributed by atoms with Crippen LogP contribution in [0.2, 0.25) is 0 Å². The average Bonchev–Trinajstić information content (AvgIpc) is 3.45. The zero-order valence-corrected chi connectivity index (χ0v) is 41.0. The van der Waals surface area contributed by atoms with Gasteiger partial charge in [0.15, 0.2) is 37.9 Å². The van der Waals surface area contributed by atoms with Crippen molar-refractivity contribution in [3.05, 3.63) is 289 Å². The molecule has 0 spiro atoms. The molecule has 0 amide bonds. The molecule has 0 saturated heterocycles. The lowest BCUT2D eigenvalue weighted by Crippen LogP contribution is -2.33. The van der Waals surface area contributed by atoms with Crippen LogP contribution >= 0.6 is 0 Å². The third kappa shape index (κ3) is 11.1. The largest absolute Gasteiger partial charge is 0.489 e. The van der Waals surface area contributed by atoms with Gasteiger partial charge in [-0.25, -0.2) is 9.13 Å². The first-order valence-electron chi connectivity index (χ1n) is 25.2. The quantitative estimate of drug-likeness (QED) is 0.0853. The van der Waals surface area contributed by atoms with Gasteiger partial charge in [0.25, 0.3) is 0 Å². The van der Waals surface area contributed by atoms with E-state index in [0.29, 0.717) is 39.5 Å². The Morgan fingerprint density at radius 2 is 0.486 bits per heavy atom. The summed E-state index contributed by atoms with van der Waals surface area (Å²) in [6.45, 7) is 3.10. The molecule has 358 valence electrons. The van der Waals surface area contributed by atoms with Crippen molar-refractivity contribution >= 4 is 43.1 Å². The second-order valence-corrected chi connectivity index (χ2v) is 19.0. The highest BCUT2D eigenvalue weighted by molar-refractivity contribution is 5.85. The number of nitrogens with zero attached hydrogens (tertiary/aromatic N) is 2. The van der Waals surface area contributed by atoms with Crippen LogP contribution in [0.5, 0.6) is 23.0 Å². The van der Waals surface area contributed by atoms with Crippen LogP contribution in [0.25, 0.3) is 54.2 Å². The fraction of sp³-hybridized carbons (Fsp3) is 0.0882. The van der Waals surface area contributed by atoms with E-state index < -0.39 is 0 Å². The second-order valence-electron chi connectivity index (χ2n) is 19.0. The van der Waals surface area contributed by atoms with E-state index in [1.807, 2.05) is 12.1 Å². The highest BCUT2D eigenvalue weighted by Gasteiger charge is 2.14. The van der Waals surface area contributed by atoms with Gasteiger partial charge in [-0.05, 0) is 125 Å². The molecule has 0 saturated carbocycles. The first-order chi connectivity index (χ1) is 36.5. The van der Waals surface area contributed by atoms with Crippen LogP contribution in [0, 0.1) is 0 Å². The highest BCUT2D eigenvalue weighted by atomic mass is 16.5. The van der Waals surface area contributed by atoms with Gasteiger partial charge in [0.2, 0.25) is 0 Å². The smallest absolute Gasteiger partial charge is 0.174 e. The van der Waals surface area contributed by atoms with Crippen molar-refractivity contribution in [2.45, 2.75) is 39.5 Å². The Hall–Kier alpha value is -9.26. The summed E-state index contributed by atoms with van der Waals surface area (Å²) >= 11 is 0. The van der Waals surface area contributed by atoms with Crippen molar-refractivity contribution in [1.82, 2.24) is 0 Å². The average molecular weight is 963 g/mol. The Balaban J connectivity index is 0.739. The predicted octanol–water partition coefficient (Wildman–Crippen LogP) is 15.0. The van der Waals surface area contributed by atoms with Crippen molar-refractivity contribution in [3.63, 3.8) is 0 Å². The first kappa shape index (κ1) is 45.9. The van der Waals surface area contributed by atoms with Gasteiger partial charge in [0.05, 0.1) is 0 Å². The minimum absolute atomic E-state index is 0.451. The Morgan fingerprint density at radius 3 is 0.757 bits per heavy atom. The third-order valence-corrected chi connectivity index (χ3v) is 13.6. The molecule has 0 aliphatic rings. The molecule has 6 nitrogen and oxygen atoms in total. The Bertz CT molecular complexity index is 3470. The molecule has 0 aliphatic heterocycles. The summed E-state index contributed by atoms with van der Waals surface area (Å²) in [5, 5.41) is 9.66. The first-order valence-corrected chi connectivity index (χ1v) is 25.2. The monoisotopic (exact) mass is 962 g/mol. The SMILES string of the molecule is c1ccc2cc(COc3cc(C[n+]4ccc(-c5cc[n+](Cc6cc(OCc7ccc8ccccc8c7)cc(OCc7ccc8ccccc8c7)c6)cc5)cc4)cc(OCc4ccc5ccccc5c4)c3)ccc2c1. The number of rotatable bonds is 17. The lowest BCUT2D eigenvalue weighted by Gasteiger charge is -2.13. The second kappa shape index (κ2) is 21.2. The van der Waals surface area contributed by atoms with Crippen LogP contribution in [0.15, 0.2) is 255 Å². The van der Waals surface area contributed by atoms with Crippen LogP contribution in [0.1, 0.15) is 33.4 Å². The molecular weight excluding hydrogens is 909 g/mol. The summed E-state index contributed by atoms with van der Waals surface area (Å²) in [5.74, 6) is 3.07. The minimum atomic E-state index is 0.451. The van der Waals surface area contributed by atoms with Crippen LogP contribution in [0.3, 0.4) is 0 Å². The van der Waals surface area contributed by atoms with E-state index in [2.05, 4.69) is 252 Å².